The molecule has 0 radical (unpaired) electrons. The number of rotatable bonds is 8. The van der Waals surface area contributed by atoms with Gasteiger partial charge >= 0.3 is 0 Å². The van der Waals surface area contributed by atoms with E-state index in [1.807, 2.05) is 6.92 Å². The van der Waals surface area contributed by atoms with Crippen molar-refractivity contribution in [2.45, 2.75) is 25.0 Å². The number of anilines is 3. The van der Waals surface area contributed by atoms with E-state index in [0.29, 0.717) is 18.5 Å². The maximum atomic E-state index is 14.5. The van der Waals surface area contributed by atoms with E-state index in [1.54, 1.807) is 12.1 Å². The zero-order valence-electron chi connectivity index (χ0n) is 16.0. The molecule has 1 fully saturated rings. The van der Waals surface area contributed by atoms with Crippen LogP contribution >= 0.6 is 0 Å². The maximum absolute atomic E-state index is 14.5. The molecule has 3 N–H and O–H groups in total. The summed E-state index contributed by atoms with van der Waals surface area (Å²) in [5, 5.41) is 12.0. The van der Waals surface area contributed by atoms with Crippen molar-refractivity contribution < 1.29 is 18.4 Å². The van der Waals surface area contributed by atoms with Gasteiger partial charge in [-0.25, -0.2) is 8.60 Å². The predicted octanol–water partition coefficient (Wildman–Crippen LogP) is 2.30. The Hall–Kier alpha value is -2.39. The molecule has 0 spiro atoms. The molecule has 152 valence electrons. The second-order valence-electron chi connectivity index (χ2n) is 6.74. The fourth-order valence-corrected chi connectivity index (χ4v) is 4.35. The van der Waals surface area contributed by atoms with Gasteiger partial charge in [0, 0.05) is 19.7 Å². The topological polar surface area (TPSA) is 92.6 Å². The Morgan fingerprint density at radius 1 is 1.39 bits per heavy atom. The summed E-state index contributed by atoms with van der Waals surface area (Å²) in [6, 6.07) is 6.10. The van der Waals surface area contributed by atoms with Crippen LogP contribution in [-0.2, 0) is 24.5 Å². The minimum absolute atomic E-state index is 0.0118. The zero-order chi connectivity index (χ0) is 20.4. The smallest absolute Gasteiger partial charge is 0.255 e. The molecular formula is C19H24FN3O4S. The standard InChI is InChI=1S/C19H24FN3O4S/c1-4-11-5-6-14(13(20)7-11)21-19-18(15(27-3)9-17(25)23(19)2)22-28(26)16-8-12(16)10-24/h5-7,9,12,16,21-22,24H,4,8,10H2,1-3H3. The van der Waals surface area contributed by atoms with Crippen LogP contribution in [0.2, 0.25) is 0 Å². The van der Waals surface area contributed by atoms with Gasteiger partial charge in [-0.05, 0) is 36.5 Å². The molecule has 3 rings (SSSR count). The molecule has 3 unspecified atom stereocenters. The van der Waals surface area contributed by atoms with Crippen LogP contribution in [0, 0.1) is 11.7 Å². The van der Waals surface area contributed by atoms with Gasteiger partial charge in [-0.2, -0.15) is 0 Å². The monoisotopic (exact) mass is 409 g/mol. The SMILES string of the molecule is CCc1ccc(Nc2c(NS(=O)C3CC3CO)c(OC)cc(=O)n2C)c(F)c1. The largest absolute Gasteiger partial charge is 0.494 e. The van der Waals surface area contributed by atoms with Gasteiger partial charge in [0.2, 0.25) is 0 Å². The molecule has 0 aliphatic heterocycles. The molecule has 0 saturated heterocycles. The van der Waals surface area contributed by atoms with E-state index >= 15 is 0 Å². The number of ether oxygens (including phenoxy) is 1. The minimum atomic E-state index is -1.49. The van der Waals surface area contributed by atoms with E-state index in [9.17, 15) is 18.5 Å². The van der Waals surface area contributed by atoms with Crippen molar-refractivity contribution in [3.63, 3.8) is 0 Å². The third kappa shape index (κ3) is 4.05. The van der Waals surface area contributed by atoms with Gasteiger partial charge in [0.1, 0.15) is 28.3 Å². The van der Waals surface area contributed by atoms with Crippen molar-refractivity contribution in [1.82, 2.24) is 4.57 Å². The number of methoxy groups -OCH3 is 1. The molecule has 2 aromatic rings. The van der Waals surface area contributed by atoms with Crippen molar-refractivity contribution in [2.75, 3.05) is 23.8 Å². The third-order valence-electron chi connectivity index (χ3n) is 4.89. The lowest BCUT2D eigenvalue weighted by atomic mass is 10.1. The lowest BCUT2D eigenvalue weighted by Gasteiger charge is -2.19. The number of aryl methyl sites for hydroxylation is 1. The number of hydrogen-bond acceptors (Lipinski definition) is 5. The number of benzene rings is 1. The van der Waals surface area contributed by atoms with Crippen LogP contribution in [0.5, 0.6) is 5.75 Å². The summed E-state index contributed by atoms with van der Waals surface area (Å²) in [6.07, 6.45) is 1.36. The number of pyridine rings is 1. The molecule has 1 aliphatic carbocycles. The molecule has 0 bridgehead atoms. The number of aromatic nitrogens is 1. The molecule has 1 heterocycles. The number of nitrogens with one attached hydrogen (secondary N) is 2. The summed E-state index contributed by atoms with van der Waals surface area (Å²) < 4.78 is 36.5. The molecule has 1 aromatic carbocycles. The van der Waals surface area contributed by atoms with E-state index in [-0.39, 0.29) is 40.6 Å². The Balaban J connectivity index is 2.00. The van der Waals surface area contributed by atoms with E-state index in [4.69, 9.17) is 4.74 Å². The molecule has 28 heavy (non-hydrogen) atoms. The second kappa shape index (κ2) is 8.32. The van der Waals surface area contributed by atoms with Crippen LogP contribution < -0.4 is 20.3 Å². The van der Waals surface area contributed by atoms with E-state index in [0.717, 1.165) is 5.56 Å². The first kappa shape index (κ1) is 20.3. The molecule has 1 aliphatic rings. The van der Waals surface area contributed by atoms with Gasteiger partial charge in [-0.1, -0.05) is 13.0 Å². The molecule has 3 atom stereocenters. The summed E-state index contributed by atoms with van der Waals surface area (Å²) in [7, 11) is 1.45. The molecule has 7 nitrogen and oxygen atoms in total. The third-order valence-corrected chi connectivity index (χ3v) is 6.42. The summed E-state index contributed by atoms with van der Waals surface area (Å²) in [5.41, 5.74) is 0.978. The second-order valence-corrected chi connectivity index (χ2v) is 8.15. The first-order chi connectivity index (χ1) is 13.4. The summed E-state index contributed by atoms with van der Waals surface area (Å²) >= 11 is 0. The molecule has 0 amide bonds. The Labute approximate surface area is 165 Å². The lowest BCUT2D eigenvalue weighted by molar-refractivity contribution is 0.277. The van der Waals surface area contributed by atoms with Gasteiger partial charge in [0.15, 0.2) is 5.75 Å². The first-order valence-corrected chi connectivity index (χ1v) is 10.2. The van der Waals surface area contributed by atoms with Gasteiger partial charge in [-0.3, -0.25) is 14.1 Å². The maximum Gasteiger partial charge on any atom is 0.255 e. The molecule has 1 aromatic heterocycles. The van der Waals surface area contributed by atoms with E-state index in [1.165, 1.54) is 30.9 Å². The van der Waals surface area contributed by atoms with Crippen LogP contribution in [0.25, 0.3) is 0 Å². The zero-order valence-corrected chi connectivity index (χ0v) is 16.8. The molecule has 9 heteroatoms. The molecular weight excluding hydrogens is 385 g/mol. The first-order valence-electron chi connectivity index (χ1n) is 9.01. The Bertz CT molecular complexity index is 963. The number of aliphatic hydroxyl groups excluding tert-OH is 1. The number of halogens is 1. The summed E-state index contributed by atoms with van der Waals surface area (Å²) in [5.74, 6) is -0.0284. The summed E-state index contributed by atoms with van der Waals surface area (Å²) in [6.45, 7) is 1.91. The van der Waals surface area contributed by atoms with Crippen LogP contribution in [-0.4, -0.2) is 32.8 Å². The highest BCUT2D eigenvalue weighted by atomic mass is 32.2. The minimum Gasteiger partial charge on any atom is -0.494 e. The van der Waals surface area contributed by atoms with Crippen molar-refractivity contribution in [3.05, 3.63) is 46.0 Å². The number of aliphatic hydroxyl groups is 1. The highest BCUT2D eigenvalue weighted by Gasteiger charge is 2.42. The Kier molecular flexibility index (Phi) is 6.04. The van der Waals surface area contributed by atoms with Crippen LogP contribution in [0.15, 0.2) is 29.1 Å². The molecule has 1 saturated carbocycles. The Morgan fingerprint density at radius 2 is 2.14 bits per heavy atom. The van der Waals surface area contributed by atoms with Gasteiger partial charge in [-0.15, -0.1) is 0 Å². The Morgan fingerprint density at radius 3 is 2.71 bits per heavy atom. The quantitative estimate of drug-likeness (QED) is 0.622. The van der Waals surface area contributed by atoms with Crippen LogP contribution in [0.1, 0.15) is 18.9 Å². The predicted molar refractivity (Wildman–Crippen MR) is 108 cm³/mol. The summed E-state index contributed by atoms with van der Waals surface area (Å²) in [4.78, 5) is 12.3. The fourth-order valence-electron chi connectivity index (χ4n) is 2.94. The van der Waals surface area contributed by atoms with Gasteiger partial charge in [0.25, 0.3) is 5.56 Å². The lowest BCUT2D eigenvalue weighted by Crippen LogP contribution is -2.23. The van der Waals surface area contributed by atoms with E-state index in [2.05, 4.69) is 10.0 Å². The van der Waals surface area contributed by atoms with Crippen molar-refractivity contribution in [1.29, 1.82) is 0 Å². The number of hydrogen-bond donors (Lipinski definition) is 3. The number of nitrogens with zero attached hydrogens (tertiary/aromatic N) is 1. The average Bonchev–Trinajstić information content (AvgIpc) is 3.48. The highest BCUT2D eigenvalue weighted by Crippen LogP contribution is 2.39. The average molecular weight is 409 g/mol. The normalized spacial score (nSPS) is 19.2. The van der Waals surface area contributed by atoms with Crippen molar-refractivity contribution >= 4 is 28.2 Å². The van der Waals surface area contributed by atoms with Crippen molar-refractivity contribution in [2.24, 2.45) is 13.0 Å². The van der Waals surface area contributed by atoms with E-state index < -0.39 is 16.8 Å². The van der Waals surface area contributed by atoms with Gasteiger partial charge < -0.3 is 15.2 Å². The fraction of sp³-hybridized carbons (Fsp3) is 0.421. The van der Waals surface area contributed by atoms with Crippen LogP contribution in [0.4, 0.5) is 21.6 Å². The highest BCUT2D eigenvalue weighted by molar-refractivity contribution is 7.87. The van der Waals surface area contributed by atoms with Crippen LogP contribution in [0.3, 0.4) is 0 Å². The van der Waals surface area contributed by atoms with Gasteiger partial charge in [0.05, 0.1) is 18.0 Å². The van der Waals surface area contributed by atoms with Crippen molar-refractivity contribution in [3.8, 4) is 5.75 Å².